The lowest BCUT2D eigenvalue weighted by Gasteiger charge is -2.28. The molecule has 0 aromatic heterocycles. The molecule has 0 radical (unpaired) electrons. The van der Waals surface area contributed by atoms with Gasteiger partial charge >= 0.3 is 0 Å². The highest BCUT2D eigenvalue weighted by atomic mass is 16.6. The summed E-state index contributed by atoms with van der Waals surface area (Å²) in [4.78, 5) is 11.7. The highest BCUT2D eigenvalue weighted by Gasteiger charge is 2.26. The normalized spacial score (nSPS) is 29.7. The van der Waals surface area contributed by atoms with E-state index in [2.05, 4.69) is 5.32 Å². The second-order valence-corrected chi connectivity index (χ2v) is 4.13. The molecule has 2 atom stereocenters. The van der Waals surface area contributed by atoms with Gasteiger partial charge in [0, 0.05) is 0 Å². The van der Waals surface area contributed by atoms with Crippen molar-refractivity contribution in [2.24, 2.45) is 0 Å². The molecule has 1 aliphatic carbocycles. The molecule has 16 heavy (non-hydrogen) atoms. The smallest absolute Gasteiger partial charge is 0.289 e. The highest BCUT2D eigenvalue weighted by molar-refractivity contribution is 5.91. The maximum absolute atomic E-state index is 11.7. The van der Waals surface area contributed by atoms with Crippen molar-refractivity contribution in [3.05, 3.63) is 12.0 Å². The lowest BCUT2D eigenvalue weighted by Crippen LogP contribution is -2.46. The fourth-order valence-electron chi connectivity index (χ4n) is 2.01. The van der Waals surface area contributed by atoms with Crippen molar-refractivity contribution in [3.8, 4) is 0 Å². The Kier molecular flexibility index (Phi) is 3.66. The van der Waals surface area contributed by atoms with Crippen LogP contribution in [0.1, 0.15) is 25.7 Å². The number of aliphatic hydroxyl groups excluding tert-OH is 1. The minimum atomic E-state index is -0.442. The molecule has 5 nitrogen and oxygen atoms in total. The molecule has 2 rings (SSSR count). The van der Waals surface area contributed by atoms with Crippen molar-refractivity contribution >= 4 is 5.91 Å². The van der Waals surface area contributed by atoms with E-state index in [0.29, 0.717) is 13.2 Å². The van der Waals surface area contributed by atoms with Gasteiger partial charge in [-0.2, -0.15) is 0 Å². The summed E-state index contributed by atoms with van der Waals surface area (Å²) in [7, 11) is 0. The van der Waals surface area contributed by atoms with Crippen LogP contribution < -0.4 is 5.32 Å². The molecule has 1 amide bonds. The highest BCUT2D eigenvalue weighted by Crippen LogP contribution is 2.18. The van der Waals surface area contributed by atoms with Gasteiger partial charge in [0.25, 0.3) is 5.91 Å². The quantitative estimate of drug-likeness (QED) is 0.711. The number of carbonyl (C=O) groups excluding carboxylic acids is 1. The second kappa shape index (κ2) is 5.21. The summed E-state index contributed by atoms with van der Waals surface area (Å²) in [6, 6.07) is -0.160. The van der Waals surface area contributed by atoms with Gasteiger partial charge in [-0.05, 0) is 12.8 Å². The number of aliphatic hydroxyl groups is 1. The van der Waals surface area contributed by atoms with Crippen molar-refractivity contribution in [3.63, 3.8) is 0 Å². The zero-order valence-corrected chi connectivity index (χ0v) is 9.15. The van der Waals surface area contributed by atoms with Gasteiger partial charge in [-0.3, -0.25) is 4.79 Å². The summed E-state index contributed by atoms with van der Waals surface area (Å²) < 4.78 is 10.2. The summed E-state index contributed by atoms with van der Waals surface area (Å²) in [5, 5.41) is 12.5. The Hall–Kier alpha value is -1.23. The van der Waals surface area contributed by atoms with Crippen molar-refractivity contribution in [2.45, 2.75) is 37.8 Å². The van der Waals surface area contributed by atoms with E-state index >= 15 is 0 Å². The molecule has 2 unspecified atom stereocenters. The largest absolute Gasteiger partial charge is 0.494 e. The van der Waals surface area contributed by atoms with Crippen LogP contribution in [-0.4, -0.2) is 36.4 Å². The molecule has 2 aliphatic rings. The van der Waals surface area contributed by atoms with Crippen LogP contribution in [0.2, 0.25) is 0 Å². The fourth-order valence-corrected chi connectivity index (χ4v) is 2.01. The van der Waals surface area contributed by atoms with Crippen LogP contribution in [0.4, 0.5) is 0 Å². The molecule has 2 N–H and O–H groups in total. The van der Waals surface area contributed by atoms with Crippen LogP contribution in [-0.2, 0) is 14.3 Å². The monoisotopic (exact) mass is 227 g/mol. The van der Waals surface area contributed by atoms with E-state index in [-0.39, 0.29) is 17.7 Å². The number of hydrogen-bond donors (Lipinski definition) is 2. The van der Waals surface area contributed by atoms with E-state index in [0.717, 1.165) is 25.7 Å². The Morgan fingerprint density at radius 2 is 2.19 bits per heavy atom. The first-order chi connectivity index (χ1) is 7.77. The Morgan fingerprint density at radius 3 is 2.88 bits per heavy atom. The SMILES string of the molecule is O=C(NC1CCCCC1O)C1=COCCO1. The zero-order chi connectivity index (χ0) is 11.4. The third-order valence-corrected chi connectivity index (χ3v) is 2.92. The molecule has 0 spiro atoms. The molecule has 90 valence electrons. The average molecular weight is 227 g/mol. The summed E-state index contributed by atoms with van der Waals surface area (Å²) in [6.07, 6.45) is 4.52. The first kappa shape index (κ1) is 11.3. The van der Waals surface area contributed by atoms with Crippen molar-refractivity contribution < 1.29 is 19.4 Å². The number of carbonyl (C=O) groups is 1. The second-order valence-electron chi connectivity index (χ2n) is 4.13. The lowest BCUT2D eigenvalue weighted by molar-refractivity contribution is -0.124. The lowest BCUT2D eigenvalue weighted by atomic mass is 9.92. The summed E-state index contributed by atoms with van der Waals surface area (Å²) in [5.74, 6) is -0.102. The van der Waals surface area contributed by atoms with Crippen LogP contribution in [0.3, 0.4) is 0 Å². The number of nitrogens with one attached hydrogen (secondary N) is 1. The molecule has 0 saturated heterocycles. The molecule has 0 bridgehead atoms. The molecule has 1 aliphatic heterocycles. The van der Waals surface area contributed by atoms with Gasteiger partial charge < -0.3 is 19.9 Å². The molecular formula is C11H17NO4. The van der Waals surface area contributed by atoms with Crippen molar-refractivity contribution in [2.75, 3.05) is 13.2 Å². The van der Waals surface area contributed by atoms with Crippen LogP contribution in [0.5, 0.6) is 0 Å². The molecule has 0 aromatic carbocycles. The van der Waals surface area contributed by atoms with Gasteiger partial charge in [0.1, 0.15) is 19.5 Å². The van der Waals surface area contributed by atoms with Crippen molar-refractivity contribution in [1.29, 1.82) is 0 Å². The maximum atomic E-state index is 11.7. The number of ether oxygens (including phenoxy) is 2. The van der Waals surface area contributed by atoms with Crippen LogP contribution in [0.25, 0.3) is 0 Å². The number of hydrogen-bond acceptors (Lipinski definition) is 4. The van der Waals surface area contributed by atoms with Gasteiger partial charge in [-0.1, -0.05) is 12.8 Å². The standard InChI is InChI=1S/C11H17NO4/c13-9-4-2-1-3-8(9)12-11(14)10-7-15-5-6-16-10/h7-9,13H,1-6H2,(H,12,14). The summed E-state index contributed by atoms with van der Waals surface area (Å²) in [6.45, 7) is 0.870. The average Bonchev–Trinajstić information content (AvgIpc) is 2.33. The molecular weight excluding hydrogens is 210 g/mol. The number of amides is 1. The first-order valence-electron chi connectivity index (χ1n) is 5.71. The summed E-state index contributed by atoms with van der Waals surface area (Å²) >= 11 is 0. The molecule has 1 fully saturated rings. The minimum Gasteiger partial charge on any atom is -0.494 e. The first-order valence-corrected chi connectivity index (χ1v) is 5.71. The van der Waals surface area contributed by atoms with E-state index in [1.807, 2.05) is 0 Å². The van der Waals surface area contributed by atoms with Gasteiger partial charge in [0.2, 0.25) is 5.76 Å². The zero-order valence-electron chi connectivity index (χ0n) is 9.15. The predicted octanol–water partition coefficient (Wildman–Crippen LogP) is 0.294. The van der Waals surface area contributed by atoms with Gasteiger partial charge in [0.15, 0.2) is 0 Å². The maximum Gasteiger partial charge on any atom is 0.289 e. The van der Waals surface area contributed by atoms with Gasteiger partial charge in [-0.15, -0.1) is 0 Å². The van der Waals surface area contributed by atoms with Gasteiger partial charge in [0.05, 0.1) is 12.1 Å². The minimum absolute atomic E-state index is 0.160. The Bertz CT molecular complexity index is 290. The Labute approximate surface area is 94.4 Å². The summed E-state index contributed by atoms with van der Waals surface area (Å²) in [5.41, 5.74) is 0. The fraction of sp³-hybridized carbons (Fsp3) is 0.727. The van der Waals surface area contributed by atoms with Crippen LogP contribution in [0, 0.1) is 0 Å². The van der Waals surface area contributed by atoms with E-state index in [1.54, 1.807) is 0 Å². The Morgan fingerprint density at radius 1 is 1.38 bits per heavy atom. The van der Waals surface area contributed by atoms with E-state index < -0.39 is 6.10 Å². The van der Waals surface area contributed by atoms with E-state index in [9.17, 15) is 9.90 Å². The van der Waals surface area contributed by atoms with Crippen molar-refractivity contribution in [1.82, 2.24) is 5.32 Å². The molecule has 1 saturated carbocycles. The van der Waals surface area contributed by atoms with E-state index in [4.69, 9.17) is 9.47 Å². The molecule has 1 heterocycles. The molecule has 0 aromatic rings. The third kappa shape index (κ3) is 2.66. The van der Waals surface area contributed by atoms with Gasteiger partial charge in [-0.25, -0.2) is 0 Å². The van der Waals surface area contributed by atoms with E-state index in [1.165, 1.54) is 6.26 Å². The topological polar surface area (TPSA) is 67.8 Å². The van der Waals surface area contributed by atoms with Crippen LogP contribution in [0.15, 0.2) is 12.0 Å². The number of rotatable bonds is 2. The molecule has 5 heteroatoms. The predicted molar refractivity (Wildman–Crippen MR) is 56.4 cm³/mol. The van der Waals surface area contributed by atoms with Crippen LogP contribution >= 0.6 is 0 Å². The third-order valence-electron chi connectivity index (χ3n) is 2.92. The Balaban J connectivity index is 1.88.